The van der Waals surface area contributed by atoms with Gasteiger partial charge in [0.15, 0.2) is 0 Å². The first-order valence-electron chi connectivity index (χ1n) is 12.7. The number of benzene rings is 1. The van der Waals surface area contributed by atoms with Crippen molar-refractivity contribution in [1.82, 2.24) is 15.1 Å². The Labute approximate surface area is 215 Å². The number of piperidine rings is 1. The second kappa shape index (κ2) is 10.5. The zero-order chi connectivity index (χ0) is 23.5. The number of halogens is 1. The fourth-order valence-corrected chi connectivity index (χ4v) is 7.55. The lowest BCUT2D eigenvalue weighted by molar-refractivity contribution is -0.163. The number of piperazine rings is 1. The van der Waals surface area contributed by atoms with Crippen molar-refractivity contribution in [3.05, 3.63) is 56.7 Å². The summed E-state index contributed by atoms with van der Waals surface area (Å²) < 4.78 is 1.14. The average Bonchev–Trinajstić information content (AvgIpc) is 3.27. The van der Waals surface area contributed by atoms with Gasteiger partial charge in [0.25, 0.3) is 0 Å². The van der Waals surface area contributed by atoms with Gasteiger partial charge in [-0.25, -0.2) is 0 Å². The van der Waals surface area contributed by atoms with Crippen molar-refractivity contribution in [2.75, 3.05) is 13.1 Å². The van der Waals surface area contributed by atoms with E-state index in [0.29, 0.717) is 25.3 Å². The van der Waals surface area contributed by atoms with E-state index in [2.05, 4.69) is 50.4 Å². The molecule has 2 aliphatic heterocycles. The zero-order valence-electron chi connectivity index (χ0n) is 19.7. The predicted molar refractivity (Wildman–Crippen MR) is 139 cm³/mol. The van der Waals surface area contributed by atoms with Crippen molar-refractivity contribution in [1.29, 1.82) is 0 Å². The maximum absolute atomic E-state index is 13.9. The molecule has 1 N–H and O–H groups in total. The van der Waals surface area contributed by atoms with Gasteiger partial charge in [-0.3, -0.25) is 14.5 Å². The Morgan fingerprint density at radius 1 is 0.971 bits per heavy atom. The van der Waals surface area contributed by atoms with E-state index in [1.165, 1.54) is 37.0 Å². The SMILES string of the molecule is O=C1C(CC2CCCCC2)NC(=O)C2(CCN(Cc3ccc(Br)s3)CC2)N1Cc1ccccc1. The first kappa shape index (κ1) is 24.0. The lowest BCUT2D eigenvalue weighted by atomic mass is 9.79. The molecule has 2 amide bonds. The smallest absolute Gasteiger partial charge is 0.246 e. The number of likely N-dealkylation sites (tertiary alicyclic amines) is 1. The monoisotopic (exact) mass is 543 g/mol. The van der Waals surface area contributed by atoms with E-state index in [9.17, 15) is 9.59 Å². The predicted octanol–water partition coefficient (Wildman–Crippen LogP) is 5.34. The molecule has 5 rings (SSSR count). The van der Waals surface area contributed by atoms with Gasteiger partial charge in [-0.05, 0) is 58.8 Å². The van der Waals surface area contributed by atoms with Crippen LogP contribution in [-0.4, -0.2) is 46.3 Å². The first-order chi connectivity index (χ1) is 16.5. The van der Waals surface area contributed by atoms with Gasteiger partial charge < -0.3 is 10.2 Å². The maximum Gasteiger partial charge on any atom is 0.246 e. The highest BCUT2D eigenvalue weighted by atomic mass is 79.9. The van der Waals surface area contributed by atoms with E-state index < -0.39 is 5.54 Å². The van der Waals surface area contributed by atoms with Crippen LogP contribution in [0.15, 0.2) is 46.3 Å². The van der Waals surface area contributed by atoms with E-state index in [0.717, 1.165) is 35.4 Å². The highest BCUT2D eigenvalue weighted by Gasteiger charge is 2.53. The number of hydrogen-bond acceptors (Lipinski definition) is 4. The van der Waals surface area contributed by atoms with Gasteiger partial charge in [-0.1, -0.05) is 62.4 Å². The number of amides is 2. The molecule has 0 bridgehead atoms. The molecule has 2 aromatic rings. The van der Waals surface area contributed by atoms with Crippen LogP contribution in [0.25, 0.3) is 0 Å². The molecule has 1 atom stereocenters. The Kier molecular flexibility index (Phi) is 7.42. The van der Waals surface area contributed by atoms with Crippen LogP contribution in [0, 0.1) is 5.92 Å². The van der Waals surface area contributed by atoms with Crippen molar-refractivity contribution >= 4 is 39.1 Å². The first-order valence-corrected chi connectivity index (χ1v) is 14.3. The number of thiophene rings is 1. The molecular formula is C27H34BrN3O2S. The number of nitrogens with one attached hydrogen (secondary N) is 1. The summed E-state index contributed by atoms with van der Waals surface area (Å²) >= 11 is 5.31. The van der Waals surface area contributed by atoms with Crippen LogP contribution in [-0.2, 0) is 22.7 Å². The van der Waals surface area contributed by atoms with Crippen LogP contribution < -0.4 is 5.32 Å². The van der Waals surface area contributed by atoms with Crippen LogP contribution in [0.1, 0.15) is 61.8 Å². The molecule has 1 aliphatic carbocycles. The molecule has 7 heteroatoms. The summed E-state index contributed by atoms with van der Waals surface area (Å²) in [6, 6.07) is 14.0. The van der Waals surface area contributed by atoms with Gasteiger partial charge in [0.2, 0.25) is 11.8 Å². The molecule has 2 saturated heterocycles. The van der Waals surface area contributed by atoms with Crippen LogP contribution in [0.3, 0.4) is 0 Å². The summed E-state index contributed by atoms with van der Waals surface area (Å²) in [4.78, 5) is 33.3. The van der Waals surface area contributed by atoms with Crippen LogP contribution in [0.5, 0.6) is 0 Å². The summed E-state index contributed by atoms with van der Waals surface area (Å²) in [6.45, 7) is 3.03. The molecule has 5 nitrogen and oxygen atoms in total. The minimum Gasteiger partial charge on any atom is -0.342 e. The average molecular weight is 545 g/mol. The standard InChI is InChI=1S/C27H34BrN3O2S/c28-24-12-11-22(34-24)19-30-15-13-27(14-16-30)26(33)29-23(17-20-7-3-1-4-8-20)25(32)31(27)18-21-9-5-2-6-10-21/h2,5-6,9-12,20,23H,1,3-4,7-8,13-19H2,(H,29,33). The third-order valence-electron chi connectivity index (χ3n) is 7.98. The molecule has 3 fully saturated rings. The summed E-state index contributed by atoms with van der Waals surface area (Å²) in [5, 5.41) is 3.20. The number of carbonyl (C=O) groups is 2. The van der Waals surface area contributed by atoms with Crippen molar-refractivity contribution in [2.45, 2.75) is 76.0 Å². The lowest BCUT2D eigenvalue weighted by Crippen LogP contribution is -2.72. The van der Waals surface area contributed by atoms with E-state index in [1.807, 2.05) is 23.1 Å². The Morgan fingerprint density at radius 3 is 2.38 bits per heavy atom. The molecule has 0 radical (unpaired) electrons. The topological polar surface area (TPSA) is 52.7 Å². The van der Waals surface area contributed by atoms with Gasteiger partial charge in [-0.2, -0.15) is 0 Å². The fourth-order valence-electron chi connectivity index (χ4n) is 6.02. The van der Waals surface area contributed by atoms with Crippen molar-refractivity contribution in [3.63, 3.8) is 0 Å². The Bertz CT molecular complexity index is 996. The van der Waals surface area contributed by atoms with Gasteiger partial charge in [0.05, 0.1) is 3.79 Å². The van der Waals surface area contributed by atoms with Gasteiger partial charge in [0.1, 0.15) is 11.6 Å². The third-order valence-corrected chi connectivity index (χ3v) is 9.59. The zero-order valence-corrected chi connectivity index (χ0v) is 22.1. The number of rotatable bonds is 6. The largest absolute Gasteiger partial charge is 0.342 e. The van der Waals surface area contributed by atoms with Gasteiger partial charge in [0, 0.05) is 31.1 Å². The minimum atomic E-state index is -0.747. The van der Waals surface area contributed by atoms with Crippen molar-refractivity contribution < 1.29 is 9.59 Å². The summed E-state index contributed by atoms with van der Waals surface area (Å²) in [5.74, 6) is 0.717. The normalized spacial score (nSPS) is 23.9. The highest BCUT2D eigenvalue weighted by Crippen LogP contribution is 2.37. The second-order valence-electron chi connectivity index (χ2n) is 10.2. The van der Waals surface area contributed by atoms with E-state index in [-0.39, 0.29) is 17.9 Å². The molecule has 3 aliphatic rings. The van der Waals surface area contributed by atoms with Crippen LogP contribution in [0.4, 0.5) is 0 Å². The molecule has 1 saturated carbocycles. The van der Waals surface area contributed by atoms with Crippen molar-refractivity contribution in [2.24, 2.45) is 5.92 Å². The lowest BCUT2D eigenvalue weighted by Gasteiger charge is -2.52. The molecule has 1 spiro atoms. The molecule has 1 aromatic carbocycles. The highest BCUT2D eigenvalue weighted by molar-refractivity contribution is 9.11. The summed E-state index contributed by atoms with van der Waals surface area (Å²) in [6.07, 6.45) is 8.28. The molecule has 3 heterocycles. The molecule has 34 heavy (non-hydrogen) atoms. The number of carbonyl (C=O) groups excluding carboxylic acids is 2. The van der Waals surface area contributed by atoms with E-state index in [4.69, 9.17) is 0 Å². The molecule has 182 valence electrons. The second-order valence-corrected chi connectivity index (χ2v) is 12.7. The van der Waals surface area contributed by atoms with E-state index in [1.54, 1.807) is 11.3 Å². The Hall–Kier alpha value is -1.70. The van der Waals surface area contributed by atoms with Gasteiger partial charge in [-0.15, -0.1) is 11.3 Å². The molecule has 1 unspecified atom stereocenters. The van der Waals surface area contributed by atoms with Crippen LogP contribution in [0.2, 0.25) is 0 Å². The van der Waals surface area contributed by atoms with Crippen molar-refractivity contribution in [3.8, 4) is 0 Å². The molecule has 1 aromatic heterocycles. The van der Waals surface area contributed by atoms with E-state index >= 15 is 0 Å². The minimum absolute atomic E-state index is 0.0577. The summed E-state index contributed by atoms with van der Waals surface area (Å²) in [5.41, 5.74) is 0.343. The fraction of sp³-hybridized carbons (Fsp3) is 0.556. The maximum atomic E-state index is 13.9. The van der Waals surface area contributed by atoms with Crippen LogP contribution >= 0.6 is 27.3 Å². The summed E-state index contributed by atoms with van der Waals surface area (Å²) in [7, 11) is 0. The van der Waals surface area contributed by atoms with Gasteiger partial charge >= 0.3 is 0 Å². The number of nitrogens with zero attached hydrogens (tertiary/aromatic N) is 2. The third kappa shape index (κ3) is 5.12. The molecular weight excluding hydrogens is 510 g/mol. The number of hydrogen-bond donors (Lipinski definition) is 1. The Morgan fingerprint density at radius 2 is 1.71 bits per heavy atom. The Balaban J connectivity index is 1.34. The quantitative estimate of drug-likeness (QED) is 0.534.